The van der Waals surface area contributed by atoms with Crippen LogP contribution in [0.25, 0.3) is 0 Å². The second-order valence-electron chi connectivity index (χ2n) is 5.65. The summed E-state index contributed by atoms with van der Waals surface area (Å²) in [5.41, 5.74) is 2.30. The first kappa shape index (κ1) is 13.0. The molecule has 0 radical (unpaired) electrons. The zero-order valence-electron chi connectivity index (χ0n) is 11.0. The van der Waals surface area contributed by atoms with Crippen LogP contribution in [0.15, 0.2) is 18.2 Å². The van der Waals surface area contributed by atoms with Crippen LogP contribution in [0.3, 0.4) is 0 Å². The Kier molecular flexibility index (Phi) is 3.98. The minimum atomic E-state index is 0.0948. The summed E-state index contributed by atoms with van der Waals surface area (Å²) in [7, 11) is 4.08. The van der Waals surface area contributed by atoms with Crippen LogP contribution in [0.4, 0.5) is 0 Å². The van der Waals surface area contributed by atoms with E-state index in [-0.39, 0.29) is 5.41 Å². The van der Waals surface area contributed by atoms with Gasteiger partial charge in [-0.05, 0) is 43.1 Å². The van der Waals surface area contributed by atoms with Gasteiger partial charge in [0, 0.05) is 6.54 Å². The summed E-state index contributed by atoms with van der Waals surface area (Å²) in [5, 5.41) is 9.95. The molecule has 0 aliphatic rings. The third kappa shape index (κ3) is 3.53. The molecule has 90 valence electrons. The van der Waals surface area contributed by atoms with Crippen LogP contribution in [0, 0.1) is 0 Å². The van der Waals surface area contributed by atoms with Crippen molar-refractivity contribution in [3.63, 3.8) is 0 Å². The van der Waals surface area contributed by atoms with Crippen molar-refractivity contribution in [2.45, 2.75) is 32.6 Å². The molecule has 0 bridgehead atoms. The third-order valence-corrected chi connectivity index (χ3v) is 2.78. The number of likely N-dealkylation sites (N-methyl/N-ethyl adjacent to an activating group) is 1. The van der Waals surface area contributed by atoms with E-state index in [4.69, 9.17) is 0 Å². The number of benzene rings is 1. The van der Waals surface area contributed by atoms with Crippen molar-refractivity contribution < 1.29 is 5.11 Å². The molecule has 0 aromatic heterocycles. The summed E-state index contributed by atoms with van der Waals surface area (Å²) in [4.78, 5) is 2.12. The minimum absolute atomic E-state index is 0.0948. The van der Waals surface area contributed by atoms with E-state index in [9.17, 15) is 5.11 Å². The van der Waals surface area contributed by atoms with Gasteiger partial charge in [0.15, 0.2) is 0 Å². The summed E-state index contributed by atoms with van der Waals surface area (Å²) in [6.45, 7) is 7.42. The molecular weight excluding hydrogens is 198 g/mol. The molecule has 0 aliphatic heterocycles. The molecule has 0 saturated heterocycles. The number of aromatic hydroxyl groups is 1. The first-order chi connectivity index (χ1) is 7.30. The van der Waals surface area contributed by atoms with E-state index in [1.54, 1.807) is 0 Å². The van der Waals surface area contributed by atoms with E-state index in [1.165, 1.54) is 5.56 Å². The molecule has 16 heavy (non-hydrogen) atoms. The molecule has 0 saturated carbocycles. The normalized spacial score (nSPS) is 12.1. The van der Waals surface area contributed by atoms with Crippen molar-refractivity contribution in [2.75, 3.05) is 20.6 Å². The van der Waals surface area contributed by atoms with E-state index in [2.05, 4.69) is 31.7 Å². The van der Waals surface area contributed by atoms with Crippen LogP contribution < -0.4 is 0 Å². The van der Waals surface area contributed by atoms with Crippen LogP contribution in [-0.4, -0.2) is 30.6 Å². The molecule has 0 aliphatic carbocycles. The molecule has 2 nitrogen and oxygen atoms in total. The lowest BCUT2D eigenvalue weighted by Gasteiger charge is -2.20. The van der Waals surface area contributed by atoms with E-state index in [0.29, 0.717) is 5.75 Å². The number of hydrogen-bond donors (Lipinski definition) is 1. The van der Waals surface area contributed by atoms with E-state index >= 15 is 0 Å². The van der Waals surface area contributed by atoms with Crippen LogP contribution in [0.2, 0.25) is 0 Å². The van der Waals surface area contributed by atoms with Crippen molar-refractivity contribution in [1.82, 2.24) is 4.90 Å². The summed E-state index contributed by atoms with van der Waals surface area (Å²) >= 11 is 0. The molecule has 1 N–H and O–H groups in total. The summed E-state index contributed by atoms with van der Waals surface area (Å²) in [5.74, 6) is 0.425. The van der Waals surface area contributed by atoms with Gasteiger partial charge in [-0.25, -0.2) is 0 Å². The Hall–Kier alpha value is -1.02. The lowest BCUT2D eigenvalue weighted by Crippen LogP contribution is -2.15. The van der Waals surface area contributed by atoms with Gasteiger partial charge in [-0.3, -0.25) is 0 Å². The molecule has 0 spiro atoms. The van der Waals surface area contributed by atoms with Crippen LogP contribution in [-0.2, 0) is 11.8 Å². The fraction of sp³-hybridized carbons (Fsp3) is 0.571. The van der Waals surface area contributed by atoms with Crippen molar-refractivity contribution in [1.29, 1.82) is 0 Å². The molecule has 2 heteroatoms. The zero-order valence-corrected chi connectivity index (χ0v) is 11.0. The number of phenolic OH excluding ortho intramolecular Hbond substituents is 1. The molecule has 0 atom stereocenters. The minimum Gasteiger partial charge on any atom is -0.508 e. The average molecular weight is 221 g/mol. The van der Waals surface area contributed by atoms with Gasteiger partial charge in [0.1, 0.15) is 5.75 Å². The third-order valence-electron chi connectivity index (χ3n) is 2.78. The van der Waals surface area contributed by atoms with E-state index in [1.807, 2.05) is 26.2 Å². The van der Waals surface area contributed by atoms with Crippen LogP contribution in [0.5, 0.6) is 5.75 Å². The maximum atomic E-state index is 9.95. The average Bonchev–Trinajstić information content (AvgIpc) is 2.14. The zero-order chi connectivity index (χ0) is 12.3. The maximum absolute atomic E-state index is 9.95. The van der Waals surface area contributed by atoms with Gasteiger partial charge in [0.2, 0.25) is 0 Å². The second-order valence-corrected chi connectivity index (χ2v) is 5.65. The number of phenols is 1. The first-order valence-electron chi connectivity index (χ1n) is 5.78. The Morgan fingerprint density at radius 2 is 1.81 bits per heavy atom. The standard InChI is InChI=1S/C14H23NO/c1-14(2,3)12-7-6-11(13(16)10-12)8-9-15(4)5/h6-7,10,16H,8-9H2,1-5H3. The highest BCUT2D eigenvalue weighted by atomic mass is 16.3. The van der Waals surface area contributed by atoms with Gasteiger partial charge in [-0.2, -0.15) is 0 Å². The second kappa shape index (κ2) is 4.88. The lowest BCUT2D eigenvalue weighted by atomic mass is 9.86. The van der Waals surface area contributed by atoms with Crippen molar-refractivity contribution in [3.05, 3.63) is 29.3 Å². The Labute approximate surface area is 98.9 Å². The molecule has 0 heterocycles. The van der Waals surface area contributed by atoms with Crippen molar-refractivity contribution in [3.8, 4) is 5.75 Å². The topological polar surface area (TPSA) is 23.5 Å². The largest absolute Gasteiger partial charge is 0.508 e. The highest BCUT2D eigenvalue weighted by molar-refractivity contribution is 5.39. The summed E-state index contributed by atoms with van der Waals surface area (Å²) < 4.78 is 0. The quantitative estimate of drug-likeness (QED) is 0.848. The monoisotopic (exact) mass is 221 g/mol. The Morgan fingerprint density at radius 3 is 2.25 bits per heavy atom. The highest BCUT2D eigenvalue weighted by Crippen LogP contribution is 2.28. The van der Waals surface area contributed by atoms with Crippen LogP contribution >= 0.6 is 0 Å². The molecular formula is C14H23NO. The number of nitrogens with zero attached hydrogens (tertiary/aromatic N) is 1. The molecule has 1 rings (SSSR count). The maximum Gasteiger partial charge on any atom is 0.119 e. The fourth-order valence-electron chi connectivity index (χ4n) is 1.59. The Morgan fingerprint density at radius 1 is 1.19 bits per heavy atom. The van der Waals surface area contributed by atoms with Gasteiger partial charge in [0.25, 0.3) is 0 Å². The predicted molar refractivity (Wildman–Crippen MR) is 69.1 cm³/mol. The molecule has 0 unspecified atom stereocenters. The van der Waals surface area contributed by atoms with Crippen LogP contribution in [0.1, 0.15) is 31.9 Å². The van der Waals surface area contributed by atoms with Gasteiger partial charge in [0.05, 0.1) is 0 Å². The van der Waals surface area contributed by atoms with Gasteiger partial charge in [-0.15, -0.1) is 0 Å². The molecule has 0 amide bonds. The number of rotatable bonds is 3. The number of hydrogen-bond acceptors (Lipinski definition) is 2. The highest BCUT2D eigenvalue weighted by Gasteiger charge is 2.15. The van der Waals surface area contributed by atoms with Gasteiger partial charge in [-0.1, -0.05) is 32.9 Å². The molecule has 1 aromatic rings. The Balaban J connectivity index is 2.84. The van der Waals surface area contributed by atoms with Crippen molar-refractivity contribution in [2.24, 2.45) is 0 Å². The molecule has 1 aromatic carbocycles. The SMILES string of the molecule is CN(C)CCc1ccc(C(C)(C)C)cc1O. The van der Waals surface area contributed by atoms with Gasteiger partial charge >= 0.3 is 0 Å². The van der Waals surface area contributed by atoms with E-state index in [0.717, 1.165) is 18.5 Å². The Bertz CT molecular complexity index is 350. The first-order valence-corrected chi connectivity index (χ1v) is 5.78. The van der Waals surface area contributed by atoms with Gasteiger partial charge < -0.3 is 10.0 Å². The smallest absolute Gasteiger partial charge is 0.119 e. The fourth-order valence-corrected chi connectivity index (χ4v) is 1.59. The summed E-state index contributed by atoms with van der Waals surface area (Å²) in [6, 6.07) is 6.05. The predicted octanol–water partition coefficient (Wildman–Crippen LogP) is 2.79. The van der Waals surface area contributed by atoms with E-state index < -0.39 is 0 Å². The molecule has 0 fully saturated rings. The summed E-state index contributed by atoms with van der Waals surface area (Å²) in [6.07, 6.45) is 0.892. The lowest BCUT2D eigenvalue weighted by molar-refractivity contribution is 0.406. The van der Waals surface area contributed by atoms with Crippen molar-refractivity contribution >= 4 is 0 Å².